The Morgan fingerprint density at radius 1 is 2.00 bits per heavy atom. The molecule has 0 aromatic carbocycles. The zero-order valence-electron chi connectivity index (χ0n) is 2.76. The smallest absolute Gasteiger partial charge is 0.212 e. The topological polar surface area (TPSA) is 37.3 Å². The van der Waals surface area contributed by atoms with E-state index in [0.29, 0.717) is 0 Å². The van der Waals surface area contributed by atoms with E-state index < -0.39 is 0 Å². The number of hydrogen-bond donors (Lipinski definition) is 1. The van der Waals surface area contributed by atoms with E-state index in [9.17, 15) is 4.79 Å². The Labute approximate surface area is 34.4 Å². The average molecular weight is 92.1 g/mol. The summed E-state index contributed by atoms with van der Waals surface area (Å²) in [4.78, 5) is 9.53. The molecule has 0 bridgehead atoms. The van der Waals surface area contributed by atoms with Crippen molar-refractivity contribution in [1.82, 2.24) is 0 Å². The number of carbonyl (C=O) groups is 1. The van der Waals surface area contributed by atoms with Crippen molar-refractivity contribution >= 4 is 17.2 Å². The first kappa shape index (κ1) is 4.98. The lowest BCUT2D eigenvalue weighted by Crippen LogP contribution is -1.73. The summed E-state index contributed by atoms with van der Waals surface area (Å²) in [5, 5.41) is -0.273. The lowest BCUT2D eigenvalue weighted by atomic mass is 10.9. The largest absolute Gasteiger partial charge is 0.323 e. The lowest BCUT2D eigenvalue weighted by Gasteiger charge is -1.70. The lowest BCUT2D eigenvalue weighted by molar-refractivity contribution is -0.109. The summed E-state index contributed by atoms with van der Waals surface area (Å²) in [6, 6.07) is 0. The van der Waals surface area contributed by atoms with Gasteiger partial charge in [0.25, 0.3) is 0 Å². The molecule has 0 unspecified atom stereocenters. The molecule has 5 heavy (non-hydrogen) atoms. The second-order valence-electron chi connectivity index (χ2n) is 0.583. The highest BCUT2D eigenvalue weighted by Crippen LogP contribution is 1.87. The molecule has 0 saturated heterocycles. The van der Waals surface area contributed by atoms with Crippen LogP contribution < -0.4 is 0 Å². The number of rotatable bonds is 0. The molecule has 0 aromatic heterocycles. The monoisotopic (exact) mass is 92.0 g/mol. The fraction of sp³-hybridized carbons (Fsp3) is 0.500. The van der Waals surface area contributed by atoms with Crippen molar-refractivity contribution in [2.75, 3.05) is 0 Å². The third-order valence-corrected chi connectivity index (χ3v) is 0.386. The van der Waals surface area contributed by atoms with Crippen molar-refractivity contribution in [1.29, 1.82) is 0 Å². The van der Waals surface area contributed by atoms with E-state index >= 15 is 0 Å². The van der Waals surface area contributed by atoms with Gasteiger partial charge in [0.1, 0.15) is 0 Å². The molecule has 0 atom stereocenters. The minimum absolute atomic E-state index is 0.241. The van der Waals surface area contributed by atoms with Crippen LogP contribution in [0.2, 0.25) is 0 Å². The fourth-order valence-corrected chi connectivity index (χ4v) is 0. The van der Waals surface area contributed by atoms with Crippen molar-refractivity contribution < 1.29 is 9.35 Å². The first-order chi connectivity index (χ1) is 2.27. The third-order valence-electron chi connectivity index (χ3n) is 0.129. The van der Waals surface area contributed by atoms with Crippen molar-refractivity contribution in [3.05, 3.63) is 0 Å². The molecular weight excluding hydrogens is 88.1 g/mol. The Hall–Kier alpha value is -0.0200. The molecular formula is C2H4O2S. The van der Waals surface area contributed by atoms with Gasteiger partial charge in [-0.2, -0.15) is 0 Å². The van der Waals surface area contributed by atoms with Gasteiger partial charge in [-0.25, -0.2) is 0 Å². The second-order valence-corrected chi connectivity index (χ2v) is 1.34. The minimum Gasteiger partial charge on any atom is -0.323 e. The highest BCUT2D eigenvalue weighted by Gasteiger charge is 1.80. The van der Waals surface area contributed by atoms with Gasteiger partial charge < -0.3 is 4.55 Å². The fourth-order valence-electron chi connectivity index (χ4n) is 0. The minimum atomic E-state index is -0.273. The number of hydrogen-bond acceptors (Lipinski definition) is 3. The van der Waals surface area contributed by atoms with Crippen molar-refractivity contribution in [3.63, 3.8) is 0 Å². The molecule has 3 heteroatoms. The summed E-state index contributed by atoms with van der Waals surface area (Å²) < 4.78 is 7.71. The Morgan fingerprint density at radius 2 is 2.20 bits per heavy atom. The van der Waals surface area contributed by atoms with E-state index in [1.165, 1.54) is 6.92 Å². The molecule has 0 aliphatic carbocycles. The van der Waals surface area contributed by atoms with E-state index in [1.54, 1.807) is 0 Å². The van der Waals surface area contributed by atoms with Crippen LogP contribution in [0.4, 0.5) is 0 Å². The van der Waals surface area contributed by atoms with E-state index in [1.807, 2.05) is 0 Å². The first-order valence-corrected chi connectivity index (χ1v) is 1.86. The van der Waals surface area contributed by atoms with Gasteiger partial charge in [0.15, 0.2) is 0 Å². The first-order valence-electron chi connectivity index (χ1n) is 1.09. The maximum atomic E-state index is 9.53. The van der Waals surface area contributed by atoms with Gasteiger partial charge in [0.2, 0.25) is 5.12 Å². The molecule has 0 heterocycles. The molecule has 0 aliphatic rings. The molecule has 2 nitrogen and oxygen atoms in total. The second kappa shape index (κ2) is 2.23. The Morgan fingerprint density at radius 3 is 2.20 bits per heavy atom. The molecule has 0 amide bonds. The maximum absolute atomic E-state index is 9.53. The predicted molar refractivity (Wildman–Crippen MR) is 20.9 cm³/mol. The zero-order chi connectivity index (χ0) is 4.28. The van der Waals surface area contributed by atoms with Crippen LogP contribution >= 0.6 is 12.0 Å². The molecule has 0 aliphatic heterocycles. The molecule has 1 N–H and O–H groups in total. The van der Waals surface area contributed by atoms with Crippen LogP contribution in [0.1, 0.15) is 6.92 Å². The molecule has 0 aromatic rings. The third kappa shape index (κ3) is 3.98. The average Bonchev–Trinajstić information content (AvgIpc) is 1.38. The summed E-state index contributed by atoms with van der Waals surface area (Å²) in [5.74, 6) is 0. The van der Waals surface area contributed by atoms with Gasteiger partial charge in [-0.15, -0.1) is 0 Å². The molecule has 0 rings (SSSR count). The van der Waals surface area contributed by atoms with E-state index in [0.717, 1.165) is 0 Å². The zero-order valence-corrected chi connectivity index (χ0v) is 3.58. The van der Waals surface area contributed by atoms with Crippen LogP contribution in [0, 0.1) is 0 Å². The van der Waals surface area contributed by atoms with Crippen LogP contribution in [0.5, 0.6) is 0 Å². The molecule has 0 saturated carbocycles. The van der Waals surface area contributed by atoms with Gasteiger partial charge in [0.05, 0.1) is 12.0 Å². The molecule has 30 valence electrons. The van der Waals surface area contributed by atoms with Crippen LogP contribution in [0.3, 0.4) is 0 Å². The summed E-state index contributed by atoms with van der Waals surface area (Å²) in [6.07, 6.45) is 0. The molecule has 0 spiro atoms. The summed E-state index contributed by atoms with van der Waals surface area (Å²) in [5.41, 5.74) is 0. The van der Waals surface area contributed by atoms with Crippen LogP contribution in [-0.2, 0) is 4.79 Å². The van der Waals surface area contributed by atoms with Crippen molar-refractivity contribution in [2.24, 2.45) is 0 Å². The summed E-state index contributed by atoms with van der Waals surface area (Å²) >= 11 is 0.241. The highest BCUT2D eigenvalue weighted by atomic mass is 32.2. The van der Waals surface area contributed by atoms with Crippen LogP contribution in [0.15, 0.2) is 0 Å². The number of carbonyl (C=O) groups excluding carboxylic acids is 1. The SMILES string of the molecule is CC(=O)SO. The van der Waals surface area contributed by atoms with Gasteiger partial charge in [-0.05, 0) is 0 Å². The van der Waals surface area contributed by atoms with Crippen LogP contribution in [0.25, 0.3) is 0 Å². The molecule has 0 radical (unpaired) electrons. The van der Waals surface area contributed by atoms with E-state index in [-0.39, 0.29) is 17.2 Å². The summed E-state index contributed by atoms with van der Waals surface area (Å²) in [6.45, 7) is 1.30. The highest BCUT2D eigenvalue weighted by molar-refractivity contribution is 8.08. The quantitative estimate of drug-likeness (QED) is 0.448. The van der Waals surface area contributed by atoms with Crippen molar-refractivity contribution in [2.45, 2.75) is 6.92 Å². The predicted octanol–water partition coefficient (Wildman–Crippen LogP) is 0.739. The van der Waals surface area contributed by atoms with Gasteiger partial charge in [-0.3, -0.25) is 4.79 Å². The Bertz CT molecular complexity index is 42.9. The van der Waals surface area contributed by atoms with Gasteiger partial charge in [0, 0.05) is 6.92 Å². The summed E-state index contributed by atoms with van der Waals surface area (Å²) in [7, 11) is 0. The van der Waals surface area contributed by atoms with E-state index in [4.69, 9.17) is 4.55 Å². The van der Waals surface area contributed by atoms with Crippen LogP contribution in [-0.4, -0.2) is 9.67 Å². The molecule has 0 fully saturated rings. The van der Waals surface area contributed by atoms with Crippen molar-refractivity contribution in [3.8, 4) is 0 Å². The van der Waals surface area contributed by atoms with E-state index in [2.05, 4.69) is 0 Å². The van der Waals surface area contributed by atoms with Gasteiger partial charge in [-0.1, -0.05) is 0 Å². The maximum Gasteiger partial charge on any atom is 0.212 e. The Balaban J connectivity index is 2.85. The Kier molecular flexibility index (Phi) is 2.22. The normalized spacial score (nSPS) is 7.60. The van der Waals surface area contributed by atoms with Gasteiger partial charge >= 0.3 is 0 Å². The standard InChI is InChI=1S/C2H4O2S/c1-2(3)5-4/h4H,1H3.